The number of nitrogens with one attached hydrogen (secondary N) is 1. The zero-order chi connectivity index (χ0) is 15.1. The summed E-state index contributed by atoms with van der Waals surface area (Å²) in [6.45, 7) is 3.46. The molecule has 2 rings (SSSR count). The molecule has 0 saturated heterocycles. The third-order valence-electron chi connectivity index (χ3n) is 2.84. The van der Waals surface area contributed by atoms with E-state index in [1.807, 2.05) is 6.92 Å². The van der Waals surface area contributed by atoms with E-state index in [4.69, 9.17) is 5.73 Å². The predicted octanol–water partition coefficient (Wildman–Crippen LogP) is 1.58. The van der Waals surface area contributed by atoms with Gasteiger partial charge in [-0.05, 0) is 41.4 Å². The normalized spacial score (nSPS) is 11.6. The standard InChI is InChI=1S/C11H14BrN5O2S/c1-6-4-8(5-14-10(6)12)16-20(18,19)9-7(2)17(3)15-11(9)13/h4-5,16H,1-3H3,(H2,13,15). The molecule has 0 unspecified atom stereocenters. The summed E-state index contributed by atoms with van der Waals surface area (Å²) < 4.78 is 29.3. The van der Waals surface area contributed by atoms with Crippen molar-refractivity contribution in [2.24, 2.45) is 7.05 Å². The molecule has 0 amide bonds. The molecule has 2 heterocycles. The molecule has 0 radical (unpaired) electrons. The average Bonchev–Trinajstić information content (AvgIpc) is 2.58. The van der Waals surface area contributed by atoms with Gasteiger partial charge in [0.15, 0.2) is 10.7 Å². The Bertz CT molecular complexity index is 769. The lowest BCUT2D eigenvalue weighted by molar-refractivity contribution is 0.600. The van der Waals surface area contributed by atoms with Gasteiger partial charge >= 0.3 is 0 Å². The van der Waals surface area contributed by atoms with Crippen LogP contribution in [0.2, 0.25) is 0 Å². The maximum atomic E-state index is 12.4. The Morgan fingerprint density at radius 3 is 2.55 bits per heavy atom. The van der Waals surface area contributed by atoms with Gasteiger partial charge in [0.1, 0.15) is 4.60 Å². The summed E-state index contributed by atoms with van der Waals surface area (Å²) in [6.07, 6.45) is 1.43. The number of hydrogen-bond acceptors (Lipinski definition) is 5. The highest BCUT2D eigenvalue weighted by atomic mass is 79.9. The molecule has 7 nitrogen and oxygen atoms in total. The Morgan fingerprint density at radius 1 is 1.40 bits per heavy atom. The Kier molecular flexibility index (Phi) is 3.74. The third kappa shape index (κ3) is 2.63. The van der Waals surface area contributed by atoms with Crippen molar-refractivity contribution in [2.45, 2.75) is 18.7 Å². The topological polar surface area (TPSA) is 103 Å². The van der Waals surface area contributed by atoms with Crippen molar-refractivity contribution in [3.63, 3.8) is 0 Å². The van der Waals surface area contributed by atoms with Crippen LogP contribution in [0, 0.1) is 13.8 Å². The second kappa shape index (κ2) is 5.06. The monoisotopic (exact) mass is 359 g/mol. The highest BCUT2D eigenvalue weighted by Crippen LogP contribution is 2.25. The first-order valence-corrected chi connectivity index (χ1v) is 7.94. The van der Waals surface area contributed by atoms with E-state index in [0.29, 0.717) is 16.0 Å². The smallest absolute Gasteiger partial charge is 0.267 e. The van der Waals surface area contributed by atoms with Gasteiger partial charge in [0, 0.05) is 7.05 Å². The maximum absolute atomic E-state index is 12.4. The van der Waals surface area contributed by atoms with Crippen LogP contribution in [0.15, 0.2) is 21.8 Å². The molecule has 108 valence electrons. The summed E-state index contributed by atoms with van der Waals surface area (Å²) in [4.78, 5) is 4.03. The largest absolute Gasteiger partial charge is 0.381 e. The van der Waals surface area contributed by atoms with Crippen molar-refractivity contribution < 1.29 is 8.42 Å². The van der Waals surface area contributed by atoms with Crippen LogP contribution >= 0.6 is 15.9 Å². The van der Waals surface area contributed by atoms with Crippen molar-refractivity contribution in [1.29, 1.82) is 0 Å². The number of aryl methyl sites for hydroxylation is 2. The number of pyridine rings is 1. The van der Waals surface area contributed by atoms with Gasteiger partial charge in [-0.2, -0.15) is 5.10 Å². The zero-order valence-corrected chi connectivity index (χ0v) is 13.6. The minimum atomic E-state index is -3.80. The van der Waals surface area contributed by atoms with Gasteiger partial charge in [0.2, 0.25) is 0 Å². The molecule has 2 aromatic heterocycles. The molecule has 0 aliphatic rings. The minimum absolute atomic E-state index is 0.0134. The molecular formula is C11H14BrN5O2S. The van der Waals surface area contributed by atoms with Gasteiger partial charge in [0.05, 0.1) is 17.6 Å². The van der Waals surface area contributed by atoms with Crippen molar-refractivity contribution in [3.05, 3.63) is 28.1 Å². The van der Waals surface area contributed by atoms with Crippen LogP contribution in [0.25, 0.3) is 0 Å². The number of halogens is 1. The van der Waals surface area contributed by atoms with Crippen LogP contribution in [0.1, 0.15) is 11.3 Å². The average molecular weight is 360 g/mol. The van der Waals surface area contributed by atoms with Gasteiger partial charge < -0.3 is 5.73 Å². The fourth-order valence-corrected chi connectivity index (χ4v) is 3.34. The number of nitrogen functional groups attached to an aromatic ring is 1. The first-order valence-electron chi connectivity index (χ1n) is 5.66. The Labute approximate surface area is 125 Å². The summed E-state index contributed by atoms with van der Waals surface area (Å²) in [5.41, 5.74) is 7.32. The molecule has 0 bridgehead atoms. The molecule has 0 aliphatic heterocycles. The fraction of sp³-hybridized carbons (Fsp3) is 0.273. The summed E-state index contributed by atoms with van der Waals surface area (Å²) in [5, 5.41) is 3.90. The molecule has 3 N–H and O–H groups in total. The van der Waals surface area contributed by atoms with E-state index in [1.54, 1.807) is 20.0 Å². The Hall–Kier alpha value is -1.61. The molecule has 0 aromatic carbocycles. The summed E-state index contributed by atoms with van der Waals surface area (Å²) in [7, 11) is -2.16. The third-order valence-corrected chi connectivity index (χ3v) is 5.22. The second-order valence-corrected chi connectivity index (χ2v) is 6.73. The number of aromatic nitrogens is 3. The molecule has 20 heavy (non-hydrogen) atoms. The SMILES string of the molecule is Cc1cc(NS(=O)(=O)c2c(N)nn(C)c2C)cnc1Br. The van der Waals surface area contributed by atoms with Crippen molar-refractivity contribution in [3.8, 4) is 0 Å². The van der Waals surface area contributed by atoms with Gasteiger partial charge in [0.25, 0.3) is 10.0 Å². The van der Waals surface area contributed by atoms with Crippen molar-refractivity contribution >= 4 is 37.5 Å². The van der Waals surface area contributed by atoms with Crippen molar-refractivity contribution in [2.75, 3.05) is 10.5 Å². The highest BCUT2D eigenvalue weighted by molar-refractivity contribution is 9.10. The van der Waals surface area contributed by atoms with Crippen LogP contribution in [0.4, 0.5) is 11.5 Å². The second-order valence-electron chi connectivity index (χ2n) is 4.36. The number of nitrogens with two attached hydrogens (primary N) is 1. The maximum Gasteiger partial charge on any atom is 0.267 e. The number of nitrogens with zero attached hydrogens (tertiary/aromatic N) is 3. The summed E-state index contributed by atoms with van der Waals surface area (Å²) in [5.74, 6) is -0.0284. The number of rotatable bonds is 3. The first-order chi connectivity index (χ1) is 9.22. The van der Waals surface area contributed by atoms with Gasteiger partial charge in [-0.25, -0.2) is 13.4 Å². The van der Waals surface area contributed by atoms with Gasteiger partial charge in [-0.3, -0.25) is 9.40 Å². The summed E-state index contributed by atoms with van der Waals surface area (Å²) >= 11 is 3.26. The molecule has 9 heteroatoms. The molecular weight excluding hydrogens is 346 g/mol. The fourth-order valence-electron chi connectivity index (χ4n) is 1.77. The lowest BCUT2D eigenvalue weighted by Gasteiger charge is -2.09. The molecule has 0 fully saturated rings. The van der Waals surface area contributed by atoms with E-state index in [0.717, 1.165) is 5.56 Å². The molecule has 2 aromatic rings. The van der Waals surface area contributed by atoms with Crippen LogP contribution < -0.4 is 10.5 Å². The van der Waals surface area contributed by atoms with Gasteiger partial charge in [-0.15, -0.1) is 0 Å². The van der Waals surface area contributed by atoms with Crippen LogP contribution in [-0.2, 0) is 17.1 Å². The first kappa shape index (κ1) is 14.8. The number of sulfonamides is 1. The number of anilines is 2. The molecule has 0 atom stereocenters. The highest BCUT2D eigenvalue weighted by Gasteiger charge is 2.24. The number of hydrogen-bond donors (Lipinski definition) is 2. The predicted molar refractivity (Wildman–Crippen MR) is 79.8 cm³/mol. The molecule has 0 aliphatic carbocycles. The molecule has 0 spiro atoms. The lowest BCUT2D eigenvalue weighted by atomic mass is 10.3. The zero-order valence-electron chi connectivity index (χ0n) is 11.2. The lowest BCUT2D eigenvalue weighted by Crippen LogP contribution is -2.15. The van der Waals surface area contributed by atoms with E-state index in [1.165, 1.54) is 10.9 Å². The Morgan fingerprint density at radius 2 is 2.05 bits per heavy atom. The van der Waals surface area contributed by atoms with E-state index >= 15 is 0 Å². The minimum Gasteiger partial charge on any atom is -0.381 e. The Balaban J connectivity index is 2.43. The van der Waals surface area contributed by atoms with E-state index in [-0.39, 0.29) is 10.7 Å². The van der Waals surface area contributed by atoms with E-state index < -0.39 is 10.0 Å². The van der Waals surface area contributed by atoms with E-state index in [9.17, 15) is 8.42 Å². The van der Waals surface area contributed by atoms with Crippen LogP contribution in [0.5, 0.6) is 0 Å². The van der Waals surface area contributed by atoms with Gasteiger partial charge in [-0.1, -0.05) is 0 Å². The summed E-state index contributed by atoms with van der Waals surface area (Å²) in [6, 6.07) is 1.68. The van der Waals surface area contributed by atoms with Crippen molar-refractivity contribution in [1.82, 2.24) is 14.8 Å². The molecule has 0 saturated carbocycles. The van der Waals surface area contributed by atoms with Crippen LogP contribution in [-0.4, -0.2) is 23.2 Å². The van der Waals surface area contributed by atoms with E-state index in [2.05, 4.69) is 30.7 Å². The van der Waals surface area contributed by atoms with Crippen LogP contribution in [0.3, 0.4) is 0 Å². The quantitative estimate of drug-likeness (QED) is 0.809.